The minimum absolute atomic E-state index is 0.117. The first-order chi connectivity index (χ1) is 6.06. The third-order valence-corrected chi connectivity index (χ3v) is 1.51. The van der Waals surface area contributed by atoms with E-state index in [1.165, 1.54) is 7.05 Å². The molecule has 1 rings (SSSR count). The molecule has 0 amide bonds. The molecular weight excluding hydrogens is 176 g/mol. The van der Waals surface area contributed by atoms with Crippen molar-refractivity contribution in [2.75, 3.05) is 12.1 Å². The summed E-state index contributed by atoms with van der Waals surface area (Å²) in [6.07, 6.45) is 0. The zero-order valence-corrected chi connectivity index (χ0v) is 6.76. The monoisotopic (exact) mass is 183 g/mol. The lowest BCUT2D eigenvalue weighted by atomic mass is 10.2. The Morgan fingerprint density at radius 2 is 2.15 bits per heavy atom. The second-order valence-corrected chi connectivity index (χ2v) is 2.43. The molecule has 0 atom stereocenters. The Kier molecular flexibility index (Phi) is 2.34. The molecule has 13 heavy (non-hydrogen) atoms. The van der Waals surface area contributed by atoms with Gasteiger partial charge in [0.2, 0.25) is 0 Å². The number of anilines is 1. The maximum Gasteiger partial charge on any atom is 0.112 e. The highest BCUT2D eigenvalue weighted by molar-refractivity contribution is 5.66. The molecule has 0 aromatic heterocycles. The predicted octanol–water partition coefficient (Wildman–Crippen LogP) is 0.689. The molecule has 1 aromatic rings. The summed E-state index contributed by atoms with van der Waals surface area (Å²) in [5, 5.41) is 32.0. The van der Waals surface area contributed by atoms with Crippen molar-refractivity contribution in [1.29, 1.82) is 0 Å². The number of nitrogens with zero attached hydrogens (tertiary/aromatic N) is 2. The molecule has 0 radical (unpaired) electrons. The van der Waals surface area contributed by atoms with Crippen molar-refractivity contribution >= 4 is 11.4 Å². The van der Waals surface area contributed by atoms with Gasteiger partial charge in [0.1, 0.15) is 11.4 Å². The Balaban J connectivity index is 3.30. The number of rotatable bonds is 2. The molecule has 1 aromatic carbocycles. The van der Waals surface area contributed by atoms with Crippen LogP contribution in [-0.2, 0) is 0 Å². The van der Waals surface area contributed by atoms with Gasteiger partial charge in [-0.25, -0.2) is 0 Å². The smallest absolute Gasteiger partial charge is 0.112 e. The number of phenolic OH excluding ortho intramolecular Hbond substituents is 1. The fourth-order valence-corrected chi connectivity index (χ4v) is 0.839. The summed E-state index contributed by atoms with van der Waals surface area (Å²) in [6.45, 7) is 0. The van der Waals surface area contributed by atoms with Gasteiger partial charge in [-0.15, -0.1) is 4.91 Å². The van der Waals surface area contributed by atoms with E-state index >= 15 is 0 Å². The van der Waals surface area contributed by atoms with Crippen LogP contribution >= 0.6 is 0 Å². The van der Waals surface area contributed by atoms with Gasteiger partial charge in [0.05, 0.1) is 5.69 Å². The van der Waals surface area contributed by atoms with E-state index in [-0.39, 0.29) is 5.69 Å². The average Bonchev–Trinajstić information content (AvgIpc) is 2.09. The highest BCUT2D eigenvalue weighted by Gasteiger charge is 2.05. The highest BCUT2D eigenvalue weighted by Crippen LogP contribution is 2.36. The van der Waals surface area contributed by atoms with E-state index in [4.69, 9.17) is 10.3 Å². The van der Waals surface area contributed by atoms with Crippen molar-refractivity contribution in [1.82, 2.24) is 0 Å². The second-order valence-electron chi connectivity index (χ2n) is 2.43. The summed E-state index contributed by atoms with van der Waals surface area (Å²) in [7, 11) is 1.29. The lowest BCUT2D eigenvalue weighted by molar-refractivity contribution is -0.269. The molecule has 6 heteroatoms. The van der Waals surface area contributed by atoms with Gasteiger partial charge in [-0.1, -0.05) is 0 Å². The van der Waals surface area contributed by atoms with Crippen LogP contribution in [0.5, 0.6) is 11.5 Å². The van der Waals surface area contributed by atoms with Gasteiger partial charge in [0.15, 0.2) is 0 Å². The van der Waals surface area contributed by atoms with Gasteiger partial charge >= 0.3 is 0 Å². The van der Waals surface area contributed by atoms with Crippen LogP contribution < -0.4 is 10.2 Å². The van der Waals surface area contributed by atoms with Gasteiger partial charge in [-0.05, 0) is 17.0 Å². The van der Waals surface area contributed by atoms with Gasteiger partial charge < -0.3 is 10.2 Å². The minimum atomic E-state index is -0.847. The highest BCUT2D eigenvalue weighted by atomic mass is 16.5. The first-order valence-corrected chi connectivity index (χ1v) is 3.36. The Labute approximate surface area is 73.6 Å². The molecule has 6 nitrogen and oxygen atoms in total. The summed E-state index contributed by atoms with van der Waals surface area (Å²) in [6, 6.07) is 2.12. The van der Waals surface area contributed by atoms with E-state index in [0.717, 1.165) is 12.1 Å². The van der Waals surface area contributed by atoms with E-state index in [1.807, 2.05) is 0 Å². The number of aromatic hydroxyl groups is 1. The number of hydroxylamine groups is 1. The van der Waals surface area contributed by atoms with Crippen molar-refractivity contribution in [2.45, 2.75) is 0 Å². The predicted molar refractivity (Wildman–Crippen MR) is 43.2 cm³/mol. The molecule has 0 spiro atoms. The average molecular weight is 183 g/mol. The summed E-state index contributed by atoms with van der Waals surface area (Å²) in [5.74, 6) is -1.46. The zero-order valence-electron chi connectivity index (χ0n) is 6.76. The summed E-state index contributed by atoms with van der Waals surface area (Å²) >= 11 is 0. The van der Waals surface area contributed by atoms with E-state index in [2.05, 4.69) is 5.18 Å². The lowest BCUT2D eigenvalue weighted by Crippen LogP contribution is -2.09. The van der Waals surface area contributed by atoms with E-state index in [1.54, 1.807) is 0 Å². The molecule has 0 saturated heterocycles. The first kappa shape index (κ1) is 9.27. The van der Waals surface area contributed by atoms with Crippen LogP contribution in [0.1, 0.15) is 0 Å². The van der Waals surface area contributed by atoms with Crippen molar-refractivity contribution in [3.63, 3.8) is 0 Å². The van der Waals surface area contributed by atoms with E-state index in [9.17, 15) is 10.0 Å². The Morgan fingerprint density at radius 1 is 1.54 bits per heavy atom. The molecule has 0 heterocycles. The molecule has 0 aliphatic carbocycles. The van der Waals surface area contributed by atoms with Crippen molar-refractivity contribution in [2.24, 2.45) is 5.18 Å². The van der Waals surface area contributed by atoms with Crippen LogP contribution in [-0.4, -0.2) is 17.4 Å². The number of nitroso groups, excluding NO2 is 1. The van der Waals surface area contributed by atoms with E-state index in [0.29, 0.717) is 5.06 Å². The van der Waals surface area contributed by atoms with Crippen LogP contribution in [0.15, 0.2) is 17.3 Å². The number of hydrogen-bond donors (Lipinski definition) is 2. The fraction of sp³-hybridized carbons (Fsp3) is 0.143. The SMILES string of the molecule is CN(O)c1cc(O)c([O-])c(N=O)c1. The maximum atomic E-state index is 10.9. The first-order valence-electron chi connectivity index (χ1n) is 3.36. The molecule has 2 N–H and O–H groups in total. The van der Waals surface area contributed by atoms with Crippen LogP contribution in [0.25, 0.3) is 0 Å². The third-order valence-electron chi connectivity index (χ3n) is 1.51. The second kappa shape index (κ2) is 3.28. The third kappa shape index (κ3) is 1.67. The molecule has 70 valence electrons. The van der Waals surface area contributed by atoms with Crippen molar-refractivity contribution in [3.05, 3.63) is 17.0 Å². The number of hydrogen-bond acceptors (Lipinski definition) is 6. The normalized spacial score (nSPS) is 9.69. The van der Waals surface area contributed by atoms with Crippen LogP contribution in [0, 0.1) is 4.91 Å². The maximum absolute atomic E-state index is 10.9. The molecule has 0 unspecified atom stereocenters. The fourth-order valence-electron chi connectivity index (χ4n) is 0.839. The minimum Gasteiger partial charge on any atom is -0.868 e. The topological polar surface area (TPSA) is 96.2 Å². The molecule has 0 saturated carbocycles. The number of benzene rings is 1. The summed E-state index contributed by atoms with van der Waals surface area (Å²) in [5.41, 5.74) is -0.317. The summed E-state index contributed by atoms with van der Waals surface area (Å²) in [4.78, 5) is 10.1. The van der Waals surface area contributed by atoms with Gasteiger partial charge in [-0.2, -0.15) is 0 Å². The Hall–Kier alpha value is -1.82. The van der Waals surface area contributed by atoms with Crippen LogP contribution in [0.4, 0.5) is 11.4 Å². The molecule has 0 aliphatic heterocycles. The Bertz CT molecular complexity index is 338. The van der Waals surface area contributed by atoms with Gasteiger partial charge in [0.25, 0.3) is 0 Å². The van der Waals surface area contributed by atoms with Crippen molar-refractivity contribution < 1.29 is 15.4 Å². The number of phenols is 1. The molecule has 0 fully saturated rings. The lowest BCUT2D eigenvalue weighted by Gasteiger charge is -2.15. The van der Waals surface area contributed by atoms with Crippen LogP contribution in [0.2, 0.25) is 0 Å². The standard InChI is InChI=1S/C7H8N2O4/c1-9(13)4-2-5(8-12)7(11)6(10)3-4/h2-3,10-11,13H,1H3/p-1. The molecular formula is C7H7N2O4-. The quantitative estimate of drug-likeness (QED) is 0.519. The van der Waals surface area contributed by atoms with Crippen molar-refractivity contribution in [3.8, 4) is 11.5 Å². The van der Waals surface area contributed by atoms with Gasteiger partial charge in [-0.3, -0.25) is 10.3 Å². The van der Waals surface area contributed by atoms with Gasteiger partial charge in [0, 0.05) is 13.1 Å². The molecule has 0 bridgehead atoms. The van der Waals surface area contributed by atoms with E-state index < -0.39 is 17.2 Å². The summed E-state index contributed by atoms with van der Waals surface area (Å²) < 4.78 is 0. The van der Waals surface area contributed by atoms with Crippen LogP contribution in [0.3, 0.4) is 0 Å². The zero-order chi connectivity index (χ0) is 10.0. The molecule has 0 aliphatic rings. The Morgan fingerprint density at radius 3 is 2.62 bits per heavy atom. The largest absolute Gasteiger partial charge is 0.868 e.